The van der Waals surface area contributed by atoms with Crippen molar-refractivity contribution in [1.29, 1.82) is 0 Å². The van der Waals surface area contributed by atoms with Gasteiger partial charge in [-0.25, -0.2) is 0 Å². The average Bonchev–Trinajstić information content (AvgIpc) is 3.09. The van der Waals surface area contributed by atoms with Crippen LogP contribution in [0.15, 0.2) is 73.7 Å². The summed E-state index contributed by atoms with van der Waals surface area (Å²) in [6, 6.07) is 13.7. The summed E-state index contributed by atoms with van der Waals surface area (Å²) >= 11 is 0. The molecule has 24 heavy (non-hydrogen) atoms. The van der Waals surface area contributed by atoms with Gasteiger partial charge in [-0.2, -0.15) is 5.10 Å². The highest BCUT2D eigenvalue weighted by atomic mass is 16.1. The molecule has 1 aromatic carbocycles. The lowest BCUT2D eigenvalue weighted by Crippen LogP contribution is -2.23. The normalized spacial score (nSPS) is 10.3. The van der Waals surface area contributed by atoms with Crippen LogP contribution in [0, 0.1) is 0 Å². The van der Waals surface area contributed by atoms with Crippen molar-refractivity contribution in [1.82, 2.24) is 20.1 Å². The summed E-state index contributed by atoms with van der Waals surface area (Å²) in [5, 5.41) is 7.10. The molecule has 2 aromatic heterocycles. The Kier molecular flexibility index (Phi) is 4.81. The van der Waals surface area contributed by atoms with E-state index in [1.54, 1.807) is 24.5 Å². The molecule has 0 unspecified atom stereocenters. The molecule has 1 amide bonds. The number of nitrogens with one attached hydrogen (secondary N) is 1. The van der Waals surface area contributed by atoms with Gasteiger partial charge in [0.2, 0.25) is 0 Å². The number of rotatable bonds is 6. The second kappa shape index (κ2) is 7.37. The molecule has 5 nitrogen and oxygen atoms in total. The van der Waals surface area contributed by atoms with Crippen LogP contribution in [0.2, 0.25) is 0 Å². The van der Waals surface area contributed by atoms with Crippen molar-refractivity contribution in [2.75, 3.05) is 6.54 Å². The Balaban J connectivity index is 1.71. The van der Waals surface area contributed by atoms with E-state index in [-0.39, 0.29) is 5.91 Å². The quantitative estimate of drug-likeness (QED) is 0.711. The summed E-state index contributed by atoms with van der Waals surface area (Å²) < 4.78 is 1.87. The van der Waals surface area contributed by atoms with Crippen molar-refractivity contribution < 1.29 is 4.79 Å². The van der Waals surface area contributed by atoms with Crippen LogP contribution in [0.1, 0.15) is 15.9 Å². The topological polar surface area (TPSA) is 59.8 Å². The van der Waals surface area contributed by atoms with Crippen molar-refractivity contribution >= 4 is 5.91 Å². The van der Waals surface area contributed by atoms with Gasteiger partial charge in [-0.15, -0.1) is 6.58 Å². The maximum atomic E-state index is 11.8. The maximum Gasteiger partial charge on any atom is 0.253 e. The lowest BCUT2D eigenvalue weighted by Gasteiger charge is -2.03. The molecule has 0 saturated carbocycles. The number of benzene rings is 1. The van der Waals surface area contributed by atoms with E-state index >= 15 is 0 Å². The number of nitrogens with zero attached hydrogens (tertiary/aromatic N) is 3. The Bertz CT molecular complexity index is 822. The van der Waals surface area contributed by atoms with Crippen molar-refractivity contribution in [2.45, 2.75) is 6.54 Å². The van der Waals surface area contributed by atoms with Crippen LogP contribution in [-0.2, 0) is 6.54 Å². The van der Waals surface area contributed by atoms with Crippen molar-refractivity contribution in [3.05, 3.63) is 84.8 Å². The van der Waals surface area contributed by atoms with Crippen LogP contribution in [-0.4, -0.2) is 27.2 Å². The van der Waals surface area contributed by atoms with E-state index in [4.69, 9.17) is 0 Å². The highest BCUT2D eigenvalue weighted by Crippen LogP contribution is 2.16. The van der Waals surface area contributed by atoms with E-state index in [9.17, 15) is 4.79 Å². The molecular weight excluding hydrogens is 300 g/mol. The smallest absolute Gasteiger partial charge is 0.253 e. The number of hydrogen-bond donors (Lipinski definition) is 1. The molecule has 0 radical (unpaired) electrons. The minimum absolute atomic E-state index is 0.159. The standard InChI is InChI=1S/C19H18N4O/c1-2-10-20-19(24)16-8-9-18(21-11-16)17-12-22-23(14-17)13-15-6-4-3-5-7-15/h2-9,11-12,14H,1,10,13H2,(H,20,24). The molecule has 0 fully saturated rings. The first-order valence-electron chi connectivity index (χ1n) is 7.68. The van der Waals surface area contributed by atoms with Gasteiger partial charge in [0.05, 0.1) is 24.0 Å². The molecule has 5 heteroatoms. The van der Waals surface area contributed by atoms with Gasteiger partial charge in [-0.1, -0.05) is 36.4 Å². The molecule has 0 atom stereocenters. The van der Waals surface area contributed by atoms with Gasteiger partial charge in [0.25, 0.3) is 5.91 Å². The number of aromatic nitrogens is 3. The first-order valence-corrected chi connectivity index (χ1v) is 7.68. The van der Waals surface area contributed by atoms with E-state index in [0.29, 0.717) is 18.7 Å². The fourth-order valence-electron chi connectivity index (χ4n) is 2.32. The Morgan fingerprint density at radius 1 is 1.17 bits per heavy atom. The fourth-order valence-corrected chi connectivity index (χ4v) is 2.32. The summed E-state index contributed by atoms with van der Waals surface area (Å²) in [5.41, 5.74) is 3.42. The third-order valence-corrected chi connectivity index (χ3v) is 3.55. The zero-order chi connectivity index (χ0) is 16.8. The molecule has 120 valence electrons. The van der Waals surface area contributed by atoms with Gasteiger partial charge in [-0.05, 0) is 17.7 Å². The minimum Gasteiger partial charge on any atom is -0.349 e. The average molecular weight is 318 g/mol. The molecule has 0 spiro atoms. The molecule has 1 N–H and O–H groups in total. The van der Waals surface area contributed by atoms with E-state index in [1.807, 2.05) is 35.1 Å². The summed E-state index contributed by atoms with van der Waals surface area (Å²) in [6.07, 6.45) is 6.94. The Hall–Kier alpha value is -3.21. The number of pyridine rings is 1. The zero-order valence-corrected chi connectivity index (χ0v) is 13.2. The molecule has 0 saturated heterocycles. The van der Waals surface area contributed by atoms with Gasteiger partial charge < -0.3 is 5.32 Å². The van der Waals surface area contributed by atoms with Crippen LogP contribution in [0.3, 0.4) is 0 Å². The van der Waals surface area contributed by atoms with E-state index < -0.39 is 0 Å². The van der Waals surface area contributed by atoms with Gasteiger partial charge in [0, 0.05) is 24.5 Å². The Morgan fingerprint density at radius 3 is 2.71 bits per heavy atom. The highest BCUT2D eigenvalue weighted by molar-refractivity contribution is 5.94. The molecular formula is C19H18N4O. The second-order valence-electron chi connectivity index (χ2n) is 5.34. The van der Waals surface area contributed by atoms with Gasteiger partial charge in [-0.3, -0.25) is 14.5 Å². The van der Waals surface area contributed by atoms with Gasteiger partial charge >= 0.3 is 0 Å². The monoisotopic (exact) mass is 318 g/mol. The molecule has 0 aliphatic carbocycles. The van der Waals surface area contributed by atoms with Crippen molar-refractivity contribution in [2.24, 2.45) is 0 Å². The molecule has 3 aromatic rings. The predicted octanol–water partition coefficient (Wildman–Crippen LogP) is 2.91. The maximum absolute atomic E-state index is 11.8. The van der Waals surface area contributed by atoms with Crippen molar-refractivity contribution in [3.63, 3.8) is 0 Å². The number of carbonyl (C=O) groups excluding carboxylic acids is 1. The largest absolute Gasteiger partial charge is 0.349 e. The molecule has 0 aliphatic heterocycles. The van der Waals surface area contributed by atoms with Crippen LogP contribution in [0.5, 0.6) is 0 Å². The lowest BCUT2D eigenvalue weighted by molar-refractivity contribution is 0.0957. The van der Waals surface area contributed by atoms with Gasteiger partial charge in [0.15, 0.2) is 0 Å². The fraction of sp³-hybridized carbons (Fsp3) is 0.105. The van der Waals surface area contributed by atoms with Crippen molar-refractivity contribution in [3.8, 4) is 11.3 Å². The molecule has 0 bridgehead atoms. The molecule has 0 aliphatic rings. The summed E-state index contributed by atoms with van der Waals surface area (Å²) in [4.78, 5) is 16.2. The van der Waals surface area contributed by atoms with Gasteiger partial charge in [0.1, 0.15) is 0 Å². The third-order valence-electron chi connectivity index (χ3n) is 3.55. The van der Waals surface area contributed by atoms with Crippen LogP contribution in [0.4, 0.5) is 0 Å². The van der Waals surface area contributed by atoms with Crippen LogP contribution < -0.4 is 5.32 Å². The highest BCUT2D eigenvalue weighted by Gasteiger charge is 2.07. The third kappa shape index (κ3) is 3.76. The number of carbonyl (C=O) groups is 1. The first kappa shape index (κ1) is 15.7. The van der Waals surface area contributed by atoms with Crippen LogP contribution >= 0.6 is 0 Å². The Morgan fingerprint density at radius 2 is 2.00 bits per heavy atom. The summed E-state index contributed by atoms with van der Waals surface area (Å²) in [6.45, 7) is 4.72. The SMILES string of the molecule is C=CCNC(=O)c1ccc(-c2cnn(Cc3ccccc3)c2)nc1. The number of hydrogen-bond acceptors (Lipinski definition) is 3. The number of amides is 1. The molecule has 3 rings (SSSR count). The molecule has 2 heterocycles. The zero-order valence-electron chi connectivity index (χ0n) is 13.2. The predicted molar refractivity (Wildman–Crippen MR) is 93.5 cm³/mol. The van der Waals surface area contributed by atoms with E-state index in [0.717, 1.165) is 11.3 Å². The summed E-state index contributed by atoms with van der Waals surface area (Å²) in [5.74, 6) is -0.159. The first-order chi connectivity index (χ1) is 11.8. The Labute approximate surface area is 140 Å². The minimum atomic E-state index is -0.159. The lowest BCUT2D eigenvalue weighted by atomic mass is 10.2. The van der Waals surface area contributed by atoms with E-state index in [2.05, 4.69) is 34.1 Å². The summed E-state index contributed by atoms with van der Waals surface area (Å²) in [7, 11) is 0. The second-order valence-corrected chi connectivity index (χ2v) is 5.34. The van der Waals surface area contributed by atoms with E-state index in [1.165, 1.54) is 5.56 Å². The van der Waals surface area contributed by atoms with Crippen LogP contribution in [0.25, 0.3) is 11.3 Å².